The maximum absolute atomic E-state index is 13.2. The van der Waals surface area contributed by atoms with Gasteiger partial charge in [-0.2, -0.15) is 0 Å². The minimum absolute atomic E-state index is 0.0926. The van der Waals surface area contributed by atoms with Crippen LogP contribution in [0.2, 0.25) is 0 Å². The second-order valence-corrected chi connectivity index (χ2v) is 8.55. The zero-order valence-electron chi connectivity index (χ0n) is 17.7. The fourth-order valence-corrected chi connectivity index (χ4v) is 4.28. The number of likely N-dealkylation sites (N-methyl/N-ethyl adjacent to an activating group) is 1. The molecule has 1 aliphatic carbocycles. The van der Waals surface area contributed by atoms with Crippen LogP contribution >= 0.6 is 0 Å². The normalized spacial score (nSPS) is 21.7. The lowest BCUT2D eigenvalue weighted by atomic mass is 9.83. The lowest BCUT2D eigenvalue weighted by Crippen LogP contribution is -2.62. The number of hydrogen-bond donors (Lipinski definition) is 0. The first kappa shape index (κ1) is 20.5. The van der Waals surface area contributed by atoms with Gasteiger partial charge in [-0.3, -0.25) is 14.6 Å². The van der Waals surface area contributed by atoms with Crippen molar-refractivity contribution in [3.05, 3.63) is 54.4 Å². The molecule has 1 saturated heterocycles. The van der Waals surface area contributed by atoms with Gasteiger partial charge in [0.05, 0.1) is 13.2 Å². The van der Waals surface area contributed by atoms with Crippen LogP contribution in [0.3, 0.4) is 0 Å². The van der Waals surface area contributed by atoms with Crippen molar-refractivity contribution in [1.82, 2.24) is 14.8 Å². The van der Waals surface area contributed by atoms with Gasteiger partial charge in [0.15, 0.2) is 5.60 Å². The number of benzene rings is 1. The average molecular weight is 408 g/mol. The molecule has 0 unspecified atom stereocenters. The van der Waals surface area contributed by atoms with Crippen LogP contribution in [0.25, 0.3) is 11.1 Å². The average Bonchev–Trinajstić information content (AvgIpc) is 2.73. The second-order valence-electron chi connectivity index (χ2n) is 8.55. The van der Waals surface area contributed by atoms with Crippen LogP contribution in [0.15, 0.2) is 48.8 Å². The van der Waals surface area contributed by atoms with Gasteiger partial charge >= 0.3 is 0 Å². The van der Waals surface area contributed by atoms with E-state index < -0.39 is 5.60 Å². The first-order valence-corrected chi connectivity index (χ1v) is 10.6. The van der Waals surface area contributed by atoms with Crippen LogP contribution in [0.4, 0.5) is 0 Å². The maximum Gasteiger partial charge on any atom is 0.256 e. The topological polar surface area (TPSA) is 62.7 Å². The summed E-state index contributed by atoms with van der Waals surface area (Å²) in [5.74, 6) is 0.200. The van der Waals surface area contributed by atoms with Crippen LogP contribution in [0, 0.1) is 5.92 Å². The zero-order valence-corrected chi connectivity index (χ0v) is 17.7. The molecule has 2 heterocycles. The Morgan fingerprint density at radius 2 is 1.93 bits per heavy atom. The lowest BCUT2D eigenvalue weighted by Gasteiger charge is -2.44. The summed E-state index contributed by atoms with van der Waals surface area (Å²) in [5.41, 5.74) is 2.09. The van der Waals surface area contributed by atoms with E-state index in [0.29, 0.717) is 26.1 Å². The zero-order chi connectivity index (χ0) is 21.1. The van der Waals surface area contributed by atoms with Crippen molar-refractivity contribution in [1.29, 1.82) is 0 Å². The molecule has 30 heavy (non-hydrogen) atoms. The molecule has 1 aliphatic heterocycles. The fraction of sp³-hybridized carbons (Fsp3) is 0.458. The van der Waals surface area contributed by atoms with Gasteiger partial charge in [0, 0.05) is 45.4 Å². The number of ether oxygens (including phenoxy) is 1. The monoisotopic (exact) mass is 407 g/mol. The van der Waals surface area contributed by atoms with Crippen LogP contribution < -0.4 is 0 Å². The maximum atomic E-state index is 13.2. The highest BCUT2D eigenvalue weighted by atomic mass is 16.5. The van der Waals surface area contributed by atoms with Gasteiger partial charge in [0.2, 0.25) is 5.91 Å². The predicted molar refractivity (Wildman–Crippen MR) is 115 cm³/mol. The number of nitrogens with zero attached hydrogens (tertiary/aromatic N) is 3. The fourth-order valence-electron chi connectivity index (χ4n) is 4.28. The number of morpholine rings is 1. The van der Waals surface area contributed by atoms with Crippen LogP contribution in [-0.2, 0) is 20.7 Å². The van der Waals surface area contributed by atoms with E-state index in [0.717, 1.165) is 36.0 Å². The third kappa shape index (κ3) is 4.10. The molecule has 6 nitrogen and oxygen atoms in total. The van der Waals surface area contributed by atoms with Crippen molar-refractivity contribution in [3.63, 3.8) is 0 Å². The van der Waals surface area contributed by atoms with E-state index in [1.165, 1.54) is 0 Å². The molecular weight excluding hydrogens is 378 g/mol. The highest BCUT2D eigenvalue weighted by molar-refractivity contribution is 5.87. The molecule has 6 heteroatoms. The van der Waals surface area contributed by atoms with Crippen molar-refractivity contribution < 1.29 is 14.3 Å². The third-order valence-electron chi connectivity index (χ3n) is 6.19. The van der Waals surface area contributed by atoms with E-state index in [1.807, 2.05) is 47.5 Å². The van der Waals surface area contributed by atoms with Gasteiger partial charge in [-0.05, 0) is 35.6 Å². The predicted octanol–water partition coefficient (Wildman–Crippen LogP) is 2.78. The Labute approximate surface area is 177 Å². The molecule has 0 N–H and O–H groups in total. The van der Waals surface area contributed by atoms with Crippen molar-refractivity contribution in [2.24, 2.45) is 5.92 Å². The SMILES string of the molecule is CN(C)C(=O)[C@]1(Cc2ccc(-c3cccnc3)cc2)CN(C(=O)C2CCC2)CCO1. The Bertz CT molecular complexity index is 894. The van der Waals surface area contributed by atoms with E-state index in [2.05, 4.69) is 4.98 Å². The van der Waals surface area contributed by atoms with E-state index >= 15 is 0 Å². The van der Waals surface area contributed by atoms with Crippen LogP contribution in [-0.4, -0.2) is 66.0 Å². The number of amides is 2. The molecule has 2 aromatic rings. The number of rotatable bonds is 5. The Morgan fingerprint density at radius 3 is 2.53 bits per heavy atom. The Balaban J connectivity index is 1.56. The summed E-state index contributed by atoms with van der Waals surface area (Å²) in [4.78, 5) is 33.6. The first-order chi connectivity index (χ1) is 14.5. The summed E-state index contributed by atoms with van der Waals surface area (Å²) in [6.07, 6.45) is 7.06. The largest absolute Gasteiger partial charge is 0.361 e. The molecule has 0 radical (unpaired) electrons. The molecule has 1 atom stereocenters. The molecule has 2 aliphatic rings. The van der Waals surface area contributed by atoms with Crippen molar-refractivity contribution >= 4 is 11.8 Å². The number of carbonyl (C=O) groups is 2. The van der Waals surface area contributed by atoms with Crippen molar-refractivity contribution in [3.8, 4) is 11.1 Å². The summed E-state index contributed by atoms with van der Waals surface area (Å²) >= 11 is 0. The molecule has 2 fully saturated rings. The van der Waals surface area contributed by atoms with Gasteiger partial charge in [0.1, 0.15) is 0 Å². The Kier molecular flexibility index (Phi) is 5.86. The summed E-state index contributed by atoms with van der Waals surface area (Å²) in [6.45, 7) is 1.24. The number of carbonyl (C=O) groups excluding carboxylic acids is 2. The third-order valence-corrected chi connectivity index (χ3v) is 6.19. The molecule has 1 aromatic heterocycles. The van der Waals surface area contributed by atoms with E-state index in [9.17, 15) is 9.59 Å². The van der Waals surface area contributed by atoms with Gasteiger partial charge in [-0.1, -0.05) is 36.8 Å². The standard InChI is InChI=1S/C24H29N3O3/c1-26(2)23(29)24(17-27(13-14-30-24)22(28)20-5-3-6-20)15-18-8-10-19(11-9-18)21-7-4-12-25-16-21/h4,7-12,16,20H,3,5-6,13-15,17H2,1-2H3/t24-/m0/s1. The second kappa shape index (κ2) is 8.56. The molecule has 4 rings (SSSR count). The Hall–Kier alpha value is -2.73. The van der Waals surface area contributed by atoms with E-state index in [-0.39, 0.29) is 17.7 Å². The quantitative estimate of drug-likeness (QED) is 0.765. The van der Waals surface area contributed by atoms with Gasteiger partial charge < -0.3 is 14.5 Å². The summed E-state index contributed by atoms with van der Waals surface area (Å²) in [5, 5.41) is 0. The lowest BCUT2D eigenvalue weighted by molar-refractivity contribution is -0.174. The van der Waals surface area contributed by atoms with Crippen LogP contribution in [0.5, 0.6) is 0 Å². The molecular formula is C24H29N3O3. The molecule has 1 saturated carbocycles. The van der Waals surface area contributed by atoms with Crippen molar-refractivity contribution in [2.45, 2.75) is 31.3 Å². The molecule has 158 valence electrons. The number of pyridine rings is 1. The van der Waals surface area contributed by atoms with E-state index in [4.69, 9.17) is 4.74 Å². The minimum atomic E-state index is -1.04. The first-order valence-electron chi connectivity index (χ1n) is 10.6. The Morgan fingerprint density at radius 1 is 1.17 bits per heavy atom. The van der Waals surface area contributed by atoms with Gasteiger partial charge in [-0.15, -0.1) is 0 Å². The molecule has 2 amide bonds. The van der Waals surface area contributed by atoms with E-state index in [1.54, 1.807) is 25.2 Å². The molecule has 0 spiro atoms. The van der Waals surface area contributed by atoms with Gasteiger partial charge in [0.25, 0.3) is 5.91 Å². The molecule has 1 aromatic carbocycles. The number of hydrogen-bond acceptors (Lipinski definition) is 4. The molecule has 0 bridgehead atoms. The summed E-state index contributed by atoms with van der Waals surface area (Å²) < 4.78 is 6.12. The number of aromatic nitrogens is 1. The van der Waals surface area contributed by atoms with Gasteiger partial charge in [-0.25, -0.2) is 0 Å². The minimum Gasteiger partial charge on any atom is -0.361 e. The summed E-state index contributed by atoms with van der Waals surface area (Å²) in [6, 6.07) is 12.1. The highest BCUT2D eigenvalue weighted by Gasteiger charge is 2.47. The highest BCUT2D eigenvalue weighted by Crippen LogP contribution is 2.32. The smallest absolute Gasteiger partial charge is 0.256 e. The van der Waals surface area contributed by atoms with Crippen LogP contribution in [0.1, 0.15) is 24.8 Å². The summed E-state index contributed by atoms with van der Waals surface area (Å²) in [7, 11) is 3.48. The van der Waals surface area contributed by atoms with Crippen molar-refractivity contribution in [2.75, 3.05) is 33.8 Å².